The van der Waals surface area contributed by atoms with Gasteiger partial charge in [0.2, 0.25) is 5.91 Å². The van der Waals surface area contributed by atoms with Crippen molar-refractivity contribution < 1.29 is 14.8 Å². The van der Waals surface area contributed by atoms with Crippen molar-refractivity contribution in [3.05, 3.63) is 38.9 Å². The first kappa shape index (κ1) is 15.7. The first-order valence-electron chi connectivity index (χ1n) is 6.81. The Morgan fingerprint density at radius 2 is 2.10 bits per heavy atom. The molecule has 0 unspecified atom stereocenters. The summed E-state index contributed by atoms with van der Waals surface area (Å²) in [6.45, 7) is 0.233. The zero-order chi connectivity index (χ0) is 15.5. The number of aliphatic hydroxyl groups is 1. The van der Waals surface area contributed by atoms with Gasteiger partial charge < -0.3 is 10.4 Å². The number of hydrogen-bond acceptors (Lipinski definition) is 4. The number of halogens is 1. The number of amides is 1. The lowest BCUT2D eigenvalue weighted by atomic mass is 10.0. The van der Waals surface area contributed by atoms with Crippen LogP contribution < -0.4 is 5.32 Å². The minimum absolute atomic E-state index is 0.0346. The molecule has 0 atom stereocenters. The monoisotopic (exact) mass is 312 g/mol. The summed E-state index contributed by atoms with van der Waals surface area (Å²) in [6.07, 6.45) is 3.38. The first-order chi connectivity index (χ1) is 9.89. The molecular formula is C14H17ClN2O4. The smallest absolute Gasteiger partial charge is 0.270 e. The van der Waals surface area contributed by atoms with Crippen LogP contribution in [-0.4, -0.2) is 28.1 Å². The zero-order valence-corrected chi connectivity index (χ0v) is 12.2. The number of carbonyl (C=O) groups is 1. The number of nitrogens with zero attached hydrogens (tertiary/aromatic N) is 1. The molecule has 2 N–H and O–H groups in total. The Bertz CT molecular complexity index is 556. The lowest BCUT2D eigenvalue weighted by Crippen LogP contribution is -2.41. The highest BCUT2D eigenvalue weighted by atomic mass is 35.5. The number of nitrogens with one attached hydrogen (secondary N) is 1. The average Bonchev–Trinajstić information content (AvgIpc) is 2.86. The van der Waals surface area contributed by atoms with Crippen molar-refractivity contribution in [1.29, 1.82) is 0 Å². The van der Waals surface area contributed by atoms with Crippen molar-refractivity contribution >= 4 is 23.2 Å². The molecule has 1 aromatic carbocycles. The van der Waals surface area contributed by atoms with Crippen molar-refractivity contribution in [2.75, 3.05) is 6.54 Å². The van der Waals surface area contributed by atoms with Gasteiger partial charge in [0.05, 0.1) is 22.0 Å². The molecule has 2 rings (SSSR count). The van der Waals surface area contributed by atoms with Crippen molar-refractivity contribution in [2.45, 2.75) is 37.7 Å². The molecule has 0 saturated heterocycles. The molecule has 0 spiro atoms. The van der Waals surface area contributed by atoms with Crippen molar-refractivity contribution in [2.24, 2.45) is 0 Å². The number of nitro groups is 1. The number of nitro benzene ring substituents is 1. The van der Waals surface area contributed by atoms with Crippen LogP contribution in [0.3, 0.4) is 0 Å². The van der Waals surface area contributed by atoms with E-state index in [9.17, 15) is 20.0 Å². The molecule has 1 aliphatic carbocycles. The predicted octanol–water partition coefficient (Wildman–Crippen LogP) is 2.21. The summed E-state index contributed by atoms with van der Waals surface area (Å²) >= 11 is 5.94. The zero-order valence-electron chi connectivity index (χ0n) is 11.5. The van der Waals surface area contributed by atoms with Crippen LogP contribution in [0.5, 0.6) is 0 Å². The molecule has 21 heavy (non-hydrogen) atoms. The van der Waals surface area contributed by atoms with Gasteiger partial charge in [-0.3, -0.25) is 14.9 Å². The van der Waals surface area contributed by atoms with E-state index in [1.54, 1.807) is 0 Å². The third-order valence-corrected chi connectivity index (χ3v) is 4.10. The third-order valence-electron chi connectivity index (χ3n) is 3.75. The van der Waals surface area contributed by atoms with E-state index in [0.717, 1.165) is 12.8 Å². The topological polar surface area (TPSA) is 92.5 Å². The minimum atomic E-state index is -0.797. The maximum Gasteiger partial charge on any atom is 0.270 e. The standard InChI is InChI=1S/C14H17ClN2O4/c15-12-8-11(17(20)21)4-3-10(12)7-13(18)16-9-14(19)5-1-2-6-14/h3-4,8,19H,1-2,5-7,9H2,(H,16,18). The SMILES string of the molecule is O=C(Cc1ccc([N+](=O)[O-])cc1Cl)NCC1(O)CCCC1. The van der Waals surface area contributed by atoms with Gasteiger partial charge in [-0.2, -0.15) is 0 Å². The number of rotatable bonds is 5. The van der Waals surface area contributed by atoms with E-state index >= 15 is 0 Å². The highest BCUT2D eigenvalue weighted by Crippen LogP contribution is 2.28. The molecule has 1 aromatic rings. The molecule has 0 aromatic heterocycles. The molecule has 1 amide bonds. The molecule has 0 radical (unpaired) electrons. The molecule has 114 valence electrons. The van der Waals surface area contributed by atoms with Crippen LogP contribution in [0.25, 0.3) is 0 Å². The number of carbonyl (C=O) groups excluding carboxylic acids is 1. The summed E-state index contributed by atoms with van der Waals surface area (Å²) < 4.78 is 0. The molecule has 1 fully saturated rings. The quantitative estimate of drug-likeness (QED) is 0.644. The highest BCUT2D eigenvalue weighted by Gasteiger charge is 2.31. The van der Waals surface area contributed by atoms with Crippen molar-refractivity contribution in [1.82, 2.24) is 5.32 Å². The summed E-state index contributed by atoms with van der Waals surface area (Å²) in [5, 5.41) is 23.6. The lowest BCUT2D eigenvalue weighted by Gasteiger charge is -2.22. The maximum atomic E-state index is 11.9. The Morgan fingerprint density at radius 1 is 1.43 bits per heavy atom. The molecule has 0 bridgehead atoms. The van der Waals surface area contributed by atoms with E-state index in [2.05, 4.69) is 5.32 Å². The van der Waals surface area contributed by atoms with E-state index < -0.39 is 10.5 Å². The van der Waals surface area contributed by atoms with Crippen LogP contribution in [0, 0.1) is 10.1 Å². The van der Waals surface area contributed by atoms with Crippen LogP contribution in [0.2, 0.25) is 5.02 Å². The Morgan fingerprint density at radius 3 is 2.67 bits per heavy atom. The fraction of sp³-hybridized carbons (Fsp3) is 0.500. The summed E-state index contributed by atoms with van der Waals surface area (Å²) in [6, 6.07) is 4.03. The number of benzene rings is 1. The normalized spacial score (nSPS) is 16.7. The van der Waals surface area contributed by atoms with Crippen LogP contribution >= 0.6 is 11.6 Å². The van der Waals surface area contributed by atoms with Crippen LogP contribution in [0.1, 0.15) is 31.2 Å². The predicted molar refractivity (Wildman–Crippen MR) is 78.2 cm³/mol. The fourth-order valence-electron chi connectivity index (χ4n) is 2.50. The highest BCUT2D eigenvalue weighted by molar-refractivity contribution is 6.31. The second-order valence-corrected chi connectivity index (χ2v) is 5.82. The van der Waals surface area contributed by atoms with E-state index in [4.69, 9.17) is 11.6 Å². The molecule has 6 nitrogen and oxygen atoms in total. The minimum Gasteiger partial charge on any atom is -0.388 e. The Kier molecular flexibility index (Phi) is 4.80. The van der Waals surface area contributed by atoms with Crippen molar-refractivity contribution in [3.8, 4) is 0 Å². The lowest BCUT2D eigenvalue weighted by molar-refractivity contribution is -0.384. The summed E-state index contributed by atoms with van der Waals surface area (Å²) in [5.74, 6) is -0.258. The van der Waals surface area contributed by atoms with E-state index in [1.165, 1.54) is 18.2 Å². The second-order valence-electron chi connectivity index (χ2n) is 5.42. The average molecular weight is 313 g/mol. The van der Waals surface area contributed by atoms with Gasteiger partial charge in [0.15, 0.2) is 0 Å². The second kappa shape index (κ2) is 6.41. The van der Waals surface area contributed by atoms with Gasteiger partial charge in [-0.15, -0.1) is 0 Å². The molecule has 0 aliphatic heterocycles. The number of hydrogen-bond donors (Lipinski definition) is 2. The Labute approximate surface area is 127 Å². The molecule has 7 heteroatoms. The third kappa shape index (κ3) is 4.15. The largest absolute Gasteiger partial charge is 0.388 e. The number of non-ortho nitro benzene ring substituents is 1. The Hall–Kier alpha value is -1.66. The van der Waals surface area contributed by atoms with Gasteiger partial charge in [0, 0.05) is 18.7 Å². The molecule has 1 saturated carbocycles. The maximum absolute atomic E-state index is 11.9. The van der Waals surface area contributed by atoms with Crippen LogP contribution in [0.4, 0.5) is 5.69 Å². The van der Waals surface area contributed by atoms with E-state index in [1.807, 2.05) is 0 Å². The van der Waals surface area contributed by atoms with Gasteiger partial charge in [-0.25, -0.2) is 0 Å². The van der Waals surface area contributed by atoms with Gasteiger partial charge >= 0.3 is 0 Å². The molecule has 0 heterocycles. The summed E-state index contributed by atoms with van der Waals surface area (Å²) in [4.78, 5) is 21.9. The van der Waals surface area contributed by atoms with E-state index in [-0.39, 0.29) is 29.6 Å². The molecule has 1 aliphatic rings. The fourth-order valence-corrected chi connectivity index (χ4v) is 2.74. The van der Waals surface area contributed by atoms with Gasteiger partial charge in [-0.1, -0.05) is 30.5 Å². The first-order valence-corrected chi connectivity index (χ1v) is 7.19. The van der Waals surface area contributed by atoms with Gasteiger partial charge in [-0.05, 0) is 18.4 Å². The Balaban J connectivity index is 1.92. The van der Waals surface area contributed by atoms with E-state index in [0.29, 0.717) is 18.4 Å². The van der Waals surface area contributed by atoms with Crippen molar-refractivity contribution in [3.63, 3.8) is 0 Å². The summed E-state index contributed by atoms with van der Waals surface area (Å²) in [5.41, 5.74) is -0.378. The van der Waals surface area contributed by atoms with Crippen LogP contribution in [-0.2, 0) is 11.2 Å². The van der Waals surface area contributed by atoms with Gasteiger partial charge in [0.25, 0.3) is 5.69 Å². The summed E-state index contributed by atoms with van der Waals surface area (Å²) in [7, 11) is 0. The van der Waals surface area contributed by atoms with Gasteiger partial charge in [0.1, 0.15) is 0 Å². The molecular weight excluding hydrogens is 296 g/mol. The van der Waals surface area contributed by atoms with Crippen LogP contribution in [0.15, 0.2) is 18.2 Å².